The number of nitrogens with zero attached hydrogens (tertiary/aromatic N) is 1. The van der Waals surface area contributed by atoms with Crippen molar-refractivity contribution >= 4 is 11.3 Å². The Morgan fingerprint density at radius 1 is 1.53 bits per heavy atom. The van der Waals surface area contributed by atoms with Gasteiger partial charge in [-0.15, -0.1) is 11.3 Å². The number of ether oxygens (including phenoxy) is 1. The molecule has 5 heteroatoms. The van der Waals surface area contributed by atoms with Gasteiger partial charge in [-0.1, -0.05) is 0 Å². The van der Waals surface area contributed by atoms with Crippen LogP contribution in [-0.2, 0) is 11.3 Å². The van der Waals surface area contributed by atoms with Gasteiger partial charge in [-0.2, -0.15) is 0 Å². The first-order valence-electron chi connectivity index (χ1n) is 6.81. The highest BCUT2D eigenvalue weighted by atomic mass is 32.1. The van der Waals surface area contributed by atoms with Crippen molar-refractivity contribution in [3.05, 3.63) is 21.9 Å². The summed E-state index contributed by atoms with van der Waals surface area (Å²) >= 11 is 1.83. The Hall–Kier alpha value is -0.460. The van der Waals surface area contributed by atoms with Crippen molar-refractivity contribution in [1.29, 1.82) is 0 Å². The van der Waals surface area contributed by atoms with Crippen molar-refractivity contribution in [3.63, 3.8) is 0 Å². The topological polar surface area (TPSA) is 44.7 Å². The SMILES string of the molecule is COCCN(Cc1ccc(C)s1)C[C@]1(O)CCNC1. The van der Waals surface area contributed by atoms with Gasteiger partial charge in [0.15, 0.2) is 0 Å². The predicted octanol–water partition coefficient (Wildman–Crippen LogP) is 1.23. The lowest BCUT2D eigenvalue weighted by molar-refractivity contribution is 0.0114. The average Bonchev–Trinajstić information content (AvgIpc) is 2.96. The van der Waals surface area contributed by atoms with E-state index >= 15 is 0 Å². The summed E-state index contributed by atoms with van der Waals surface area (Å²) in [6, 6.07) is 4.33. The maximum Gasteiger partial charge on any atom is 0.0909 e. The van der Waals surface area contributed by atoms with Crippen LogP contribution in [0.15, 0.2) is 12.1 Å². The van der Waals surface area contributed by atoms with Crippen LogP contribution in [0.25, 0.3) is 0 Å². The second-order valence-corrected chi connectivity index (χ2v) is 6.74. The van der Waals surface area contributed by atoms with Gasteiger partial charge in [0.05, 0.1) is 12.2 Å². The molecule has 0 bridgehead atoms. The molecule has 4 nitrogen and oxygen atoms in total. The second-order valence-electron chi connectivity index (χ2n) is 5.37. The normalized spacial score (nSPS) is 23.4. The third kappa shape index (κ3) is 4.54. The molecular formula is C14H24N2O2S. The van der Waals surface area contributed by atoms with E-state index in [2.05, 4.69) is 29.3 Å². The lowest BCUT2D eigenvalue weighted by atomic mass is 10.0. The van der Waals surface area contributed by atoms with Crippen LogP contribution >= 0.6 is 11.3 Å². The molecule has 2 heterocycles. The highest BCUT2D eigenvalue weighted by Gasteiger charge is 2.32. The van der Waals surface area contributed by atoms with Gasteiger partial charge in [0, 0.05) is 43.0 Å². The zero-order valence-corrected chi connectivity index (χ0v) is 12.6. The molecule has 2 N–H and O–H groups in total. The van der Waals surface area contributed by atoms with E-state index in [1.165, 1.54) is 9.75 Å². The first kappa shape index (κ1) is 14.9. The maximum absolute atomic E-state index is 10.5. The standard InChI is InChI=1S/C14H24N2O2S/c1-12-3-4-13(19-12)9-16(7-8-18-2)11-14(17)5-6-15-10-14/h3-4,15,17H,5-11H2,1-2H3/t14-/m0/s1. The molecule has 1 fully saturated rings. The monoisotopic (exact) mass is 284 g/mol. The number of aryl methyl sites for hydroxylation is 1. The van der Waals surface area contributed by atoms with Crippen LogP contribution in [0.5, 0.6) is 0 Å². The van der Waals surface area contributed by atoms with Gasteiger partial charge < -0.3 is 15.2 Å². The molecule has 19 heavy (non-hydrogen) atoms. The highest BCUT2D eigenvalue weighted by molar-refractivity contribution is 7.11. The van der Waals surface area contributed by atoms with E-state index in [1.807, 2.05) is 11.3 Å². The zero-order chi connectivity index (χ0) is 13.7. The Morgan fingerprint density at radius 2 is 2.37 bits per heavy atom. The Balaban J connectivity index is 1.94. The Morgan fingerprint density at radius 3 is 2.95 bits per heavy atom. The van der Waals surface area contributed by atoms with Gasteiger partial charge in [-0.3, -0.25) is 4.90 Å². The lowest BCUT2D eigenvalue weighted by Crippen LogP contribution is -2.45. The van der Waals surface area contributed by atoms with Crippen LogP contribution in [0.3, 0.4) is 0 Å². The van der Waals surface area contributed by atoms with Crippen LogP contribution in [0, 0.1) is 6.92 Å². The number of methoxy groups -OCH3 is 1. The Kier molecular flexibility index (Phi) is 5.36. The summed E-state index contributed by atoms with van der Waals surface area (Å²) in [7, 11) is 1.72. The van der Waals surface area contributed by atoms with Gasteiger partial charge >= 0.3 is 0 Å². The predicted molar refractivity (Wildman–Crippen MR) is 78.6 cm³/mol. The van der Waals surface area contributed by atoms with Crippen LogP contribution in [0.1, 0.15) is 16.2 Å². The number of aliphatic hydroxyl groups is 1. The van der Waals surface area contributed by atoms with E-state index in [4.69, 9.17) is 4.74 Å². The summed E-state index contributed by atoms with van der Waals surface area (Å²) < 4.78 is 5.18. The lowest BCUT2D eigenvalue weighted by Gasteiger charge is -2.30. The van der Waals surface area contributed by atoms with Crippen LogP contribution < -0.4 is 5.32 Å². The minimum atomic E-state index is -0.583. The molecule has 1 atom stereocenters. The molecule has 0 saturated carbocycles. The minimum absolute atomic E-state index is 0.583. The molecule has 1 aromatic heterocycles. The van der Waals surface area contributed by atoms with E-state index in [0.717, 1.165) is 26.1 Å². The average molecular weight is 284 g/mol. The second kappa shape index (κ2) is 6.81. The molecule has 0 radical (unpaired) electrons. The molecule has 0 unspecified atom stereocenters. The number of rotatable bonds is 7. The summed E-state index contributed by atoms with van der Waals surface area (Å²) in [6.07, 6.45) is 0.833. The molecule has 1 saturated heterocycles. The number of thiophene rings is 1. The zero-order valence-electron chi connectivity index (χ0n) is 11.8. The first-order chi connectivity index (χ1) is 9.11. The molecule has 2 rings (SSSR count). The molecular weight excluding hydrogens is 260 g/mol. The smallest absolute Gasteiger partial charge is 0.0909 e. The van der Waals surface area contributed by atoms with Crippen molar-refractivity contribution in [1.82, 2.24) is 10.2 Å². The molecule has 0 aliphatic carbocycles. The summed E-state index contributed by atoms with van der Waals surface area (Å²) in [5, 5.41) is 13.7. The van der Waals surface area contributed by atoms with E-state index in [0.29, 0.717) is 19.7 Å². The fraction of sp³-hybridized carbons (Fsp3) is 0.714. The fourth-order valence-electron chi connectivity index (χ4n) is 2.51. The van der Waals surface area contributed by atoms with Crippen molar-refractivity contribution in [2.75, 3.05) is 39.9 Å². The summed E-state index contributed by atoms with van der Waals surface area (Å²) in [4.78, 5) is 4.98. The van der Waals surface area contributed by atoms with Crippen molar-refractivity contribution < 1.29 is 9.84 Å². The summed E-state index contributed by atoms with van der Waals surface area (Å²) in [6.45, 7) is 6.89. The number of hydrogen-bond donors (Lipinski definition) is 2. The third-order valence-electron chi connectivity index (χ3n) is 3.53. The van der Waals surface area contributed by atoms with E-state index in [9.17, 15) is 5.11 Å². The molecule has 1 aromatic rings. The Labute approximate surface area is 119 Å². The summed E-state index contributed by atoms with van der Waals surface area (Å²) in [5.41, 5.74) is -0.583. The minimum Gasteiger partial charge on any atom is -0.387 e. The highest BCUT2D eigenvalue weighted by Crippen LogP contribution is 2.20. The molecule has 0 aromatic carbocycles. The molecule has 0 amide bonds. The van der Waals surface area contributed by atoms with E-state index in [-0.39, 0.29) is 0 Å². The van der Waals surface area contributed by atoms with Crippen LogP contribution in [-0.4, -0.2) is 55.5 Å². The molecule has 108 valence electrons. The number of β-amino-alcohol motifs (C(OH)–C–C–N with tert-alkyl or cyclic N) is 1. The number of nitrogens with one attached hydrogen (secondary N) is 1. The molecule has 0 spiro atoms. The van der Waals surface area contributed by atoms with Gasteiger partial charge in [-0.25, -0.2) is 0 Å². The van der Waals surface area contributed by atoms with Crippen LogP contribution in [0.4, 0.5) is 0 Å². The summed E-state index contributed by atoms with van der Waals surface area (Å²) in [5.74, 6) is 0. The van der Waals surface area contributed by atoms with Gasteiger partial charge in [-0.05, 0) is 32.0 Å². The first-order valence-corrected chi connectivity index (χ1v) is 7.63. The van der Waals surface area contributed by atoms with Gasteiger partial charge in [0.2, 0.25) is 0 Å². The molecule has 1 aliphatic rings. The van der Waals surface area contributed by atoms with Crippen molar-refractivity contribution in [2.24, 2.45) is 0 Å². The van der Waals surface area contributed by atoms with Gasteiger partial charge in [0.1, 0.15) is 0 Å². The largest absolute Gasteiger partial charge is 0.387 e. The quantitative estimate of drug-likeness (QED) is 0.790. The maximum atomic E-state index is 10.5. The fourth-order valence-corrected chi connectivity index (χ4v) is 3.44. The van der Waals surface area contributed by atoms with E-state index < -0.39 is 5.60 Å². The van der Waals surface area contributed by atoms with Crippen LogP contribution in [0.2, 0.25) is 0 Å². The molecule has 1 aliphatic heterocycles. The van der Waals surface area contributed by atoms with Gasteiger partial charge in [0.25, 0.3) is 0 Å². The third-order valence-corrected chi connectivity index (χ3v) is 4.51. The van der Waals surface area contributed by atoms with Crippen molar-refractivity contribution in [2.45, 2.75) is 25.5 Å². The number of hydrogen-bond acceptors (Lipinski definition) is 5. The van der Waals surface area contributed by atoms with Crippen molar-refractivity contribution in [3.8, 4) is 0 Å². The van der Waals surface area contributed by atoms with E-state index in [1.54, 1.807) is 7.11 Å². The Bertz CT molecular complexity index is 389.